The maximum absolute atomic E-state index is 12.6. The minimum Gasteiger partial charge on any atom is -0.494 e. The Morgan fingerprint density at radius 3 is 2.40 bits per heavy atom. The number of H-pyrrole nitrogens is 1. The number of carbonyl (C=O) groups is 2. The largest absolute Gasteiger partial charge is 0.494 e. The SMILES string of the molecule is Cc1cc2c(C(=Nc3ccc(C(=O)NOCCCN4CCN(C)CC4)cc3)c3ccccc3)c(O)[nH]c2cc1C(=O)O. The van der Waals surface area contributed by atoms with Crippen LogP contribution in [0.1, 0.15) is 43.8 Å². The Morgan fingerprint density at radius 2 is 1.71 bits per heavy atom. The van der Waals surface area contributed by atoms with E-state index in [4.69, 9.17) is 9.83 Å². The molecule has 4 aromatic rings. The van der Waals surface area contributed by atoms with Gasteiger partial charge in [0.05, 0.1) is 29.1 Å². The molecule has 5 rings (SSSR count). The number of piperazine rings is 1. The number of aromatic amines is 1. The number of benzene rings is 3. The Labute approximate surface area is 244 Å². The van der Waals surface area contributed by atoms with E-state index in [0.717, 1.165) is 44.7 Å². The lowest BCUT2D eigenvalue weighted by molar-refractivity contribution is 0.0264. The fourth-order valence-electron chi connectivity index (χ4n) is 5.09. The van der Waals surface area contributed by atoms with Gasteiger partial charge in [-0.3, -0.25) is 9.63 Å². The molecule has 1 aliphatic heterocycles. The molecule has 1 saturated heterocycles. The van der Waals surface area contributed by atoms with Crippen molar-refractivity contribution in [1.82, 2.24) is 20.3 Å². The molecule has 2 heterocycles. The molecule has 0 radical (unpaired) electrons. The molecule has 10 heteroatoms. The molecule has 0 unspecified atom stereocenters. The first kappa shape index (κ1) is 29.0. The summed E-state index contributed by atoms with van der Waals surface area (Å²) in [5, 5.41) is 21.1. The summed E-state index contributed by atoms with van der Waals surface area (Å²) in [7, 11) is 2.13. The zero-order valence-electron chi connectivity index (χ0n) is 23.8. The molecule has 218 valence electrons. The van der Waals surface area contributed by atoms with Gasteiger partial charge < -0.3 is 25.0 Å². The van der Waals surface area contributed by atoms with Gasteiger partial charge in [-0.1, -0.05) is 30.3 Å². The minimum absolute atomic E-state index is 0.115. The van der Waals surface area contributed by atoms with E-state index in [1.807, 2.05) is 30.3 Å². The van der Waals surface area contributed by atoms with Crippen LogP contribution in [-0.2, 0) is 4.84 Å². The third-order valence-corrected chi connectivity index (χ3v) is 7.49. The number of carbonyl (C=O) groups excluding carboxylic acids is 1. The van der Waals surface area contributed by atoms with Gasteiger partial charge in [-0.05, 0) is 62.4 Å². The summed E-state index contributed by atoms with van der Waals surface area (Å²) in [6.07, 6.45) is 0.831. The quantitative estimate of drug-likeness (QED) is 0.127. The zero-order valence-corrected chi connectivity index (χ0v) is 23.8. The van der Waals surface area contributed by atoms with Crippen molar-refractivity contribution in [3.63, 3.8) is 0 Å². The number of hydroxylamine groups is 1. The monoisotopic (exact) mass is 569 g/mol. The number of rotatable bonds is 10. The number of hydrogen-bond acceptors (Lipinski definition) is 7. The van der Waals surface area contributed by atoms with E-state index in [1.54, 1.807) is 37.3 Å². The van der Waals surface area contributed by atoms with Gasteiger partial charge in [0.2, 0.25) is 0 Å². The average Bonchev–Trinajstić information content (AvgIpc) is 3.31. The lowest BCUT2D eigenvalue weighted by Gasteiger charge is -2.32. The van der Waals surface area contributed by atoms with Crippen molar-refractivity contribution < 1.29 is 24.6 Å². The van der Waals surface area contributed by atoms with Crippen LogP contribution in [0.3, 0.4) is 0 Å². The third-order valence-electron chi connectivity index (χ3n) is 7.49. The number of aromatic nitrogens is 1. The lowest BCUT2D eigenvalue weighted by Crippen LogP contribution is -2.44. The number of carboxylic acids is 1. The highest BCUT2D eigenvalue weighted by atomic mass is 16.6. The third kappa shape index (κ3) is 6.68. The van der Waals surface area contributed by atoms with E-state index >= 15 is 0 Å². The van der Waals surface area contributed by atoms with Crippen LogP contribution in [0, 0.1) is 6.92 Å². The Morgan fingerprint density at radius 1 is 1.00 bits per heavy atom. The number of carboxylic acid groups (broad SMARTS) is 1. The van der Waals surface area contributed by atoms with Crippen LogP contribution in [0.2, 0.25) is 0 Å². The second-order valence-corrected chi connectivity index (χ2v) is 10.5. The van der Waals surface area contributed by atoms with Crippen molar-refractivity contribution in [1.29, 1.82) is 0 Å². The van der Waals surface area contributed by atoms with Crippen LogP contribution >= 0.6 is 0 Å². The Bertz CT molecular complexity index is 1590. The van der Waals surface area contributed by atoms with Crippen molar-refractivity contribution >= 4 is 34.2 Å². The molecule has 3 aromatic carbocycles. The molecular weight excluding hydrogens is 534 g/mol. The van der Waals surface area contributed by atoms with Crippen molar-refractivity contribution in [2.75, 3.05) is 46.4 Å². The summed E-state index contributed by atoms with van der Waals surface area (Å²) in [5.41, 5.74) is 6.47. The van der Waals surface area contributed by atoms with E-state index in [-0.39, 0.29) is 17.4 Å². The van der Waals surface area contributed by atoms with Gasteiger partial charge in [0, 0.05) is 54.8 Å². The number of fused-ring (bicyclic) bond motifs is 1. The molecule has 1 fully saturated rings. The van der Waals surface area contributed by atoms with Crippen LogP contribution in [0.5, 0.6) is 5.88 Å². The van der Waals surface area contributed by atoms with Gasteiger partial charge in [-0.25, -0.2) is 15.3 Å². The molecular formula is C32H35N5O5. The summed E-state index contributed by atoms with van der Waals surface area (Å²) in [5.74, 6) is -1.50. The van der Waals surface area contributed by atoms with E-state index < -0.39 is 5.97 Å². The highest BCUT2D eigenvalue weighted by Crippen LogP contribution is 2.33. The average molecular weight is 570 g/mol. The van der Waals surface area contributed by atoms with Crippen molar-refractivity contribution in [2.24, 2.45) is 4.99 Å². The number of aliphatic imine (C=N–C) groups is 1. The maximum Gasteiger partial charge on any atom is 0.336 e. The first-order valence-electron chi connectivity index (χ1n) is 14.0. The van der Waals surface area contributed by atoms with Gasteiger partial charge in [0.1, 0.15) is 0 Å². The summed E-state index contributed by atoms with van der Waals surface area (Å²) >= 11 is 0. The Balaban J connectivity index is 1.31. The van der Waals surface area contributed by atoms with Crippen LogP contribution in [-0.4, -0.2) is 89.0 Å². The molecule has 1 aliphatic rings. The van der Waals surface area contributed by atoms with Gasteiger partial charge in [0.25, 0.3) is 5.91 Å². The zero-order chi connectivity index (χ0) is 29.6. The molecule has 4 N–H and O–H groups in total. The van der Waals surface area contributed by atoms with Crippen molar-refractivity contribution in [3.05, 3.63) is 94.5 Å². The van der Waals surface area contributed by atoms with Crippen LogP contribution < -0.4 is 5.48 Å². The van der Waals surface area contributed by atoms with E-state index in [9.17, 15) is 19.8 Å². The highest BCUT2D eigenvalue weighted by molar-refractivity contribution is 6.22. The molecule has 1 amide bonds. The molecule has 42 heavy (non-hydrogen) atoms. The summed E-state index contributed by atoms with van der Waals surface area (Å²) in [6.45, 7) is 7.33. The number of amides is 1. The minimum atomic E-state index is -1.04. The van der Waals surface area contributed by atoms with E-state index in [0.29, 0.717) is 45.6 Å². The Hall–Kier alpha value is -4.51. The normalized spacial score (nSPS) is 14.8. The topological polar surface area (TPSA) is 130 Å². The summed E-state index contributed by atoms with van der Waals surface area (Å²) in [6, 6.07) is 19.5. The number of aryl methyl sites for hydroxylation is 1. The second-order valence-electron chi connectivity index (χ2n) is 10.5. The number of aromatic carboxylic acids is 1. The van der Waals surface area contributed by atoms with Crippen molar-refractivity contribution in [2.45, 2.75) is 13.3 Å². The molecule has 0 atom stereocenters. The maximum atomic E-state index is 12.6. The number of hydrogen-bond donors (Lipinski definition) is 4. The number of likely N-dealkylation sites (N-methyl/N-ethyl adjacent to an activating group) is 1. The predicted molar refractivity (Wildman–Crippen MR) is 162 cm³/mol. The van der Waals surface area contributed by atoms with Gasteiger partial charge in [0.15, 0.2) is 5.88 Å². The summed E-state index contributed by atoms with van der Waals surface area (Å²) < 4.78 is 0. The van der Waals surface area contributed by atoms with Gasteiger partial charge in [-0.2, -0.15) is 0 Å². The lowest BCUT2D eigenvalue weighted by atomic mass is 9.98. The Kier molecular flexibility index (Phi) is 8.97. The number of aromatic hydroxyl groups is 1. The van der Waals surface area contributed by atoms with Gasteiger partial charge in [-0.15, -0.1) is 0 Å². The molecule has 0 saturated carbocycles. The molecule has 0 bridgehead atoms. The van der Waals surface area contributed by atoms with Crippen LogP contribution in [0.25, 0.3) is 10.9 Å². The first-order chi connectivity index (χ1) is 20.3. The molecule has 0 spiro atoms. The molecule has 0 aliphatic carbocycles. The number of nitrogens with zero attached hydrogens (tertiary/aromatic N) is 3. The van der Waals surface area contributed by atoms with Crippen LogP contribution in [0.4, 0.5) is 5.69 Å². The second kappa shape index (κ2) is 13.0. The number of nitrogens with one attached hydrogen (secondary N) is 2. The fourth-order valence-corrected chi connectivity index (χ4v) is 5.09. The molecule has 10 nitrogen and oxygen atoms in total. The fraction of sp³-hybridized carbons (Fsp3) is 0.281. The highest BCUT2D eigenvalue weighted by Gasteiger charge is 2.21. The predicted octanol–water partition coefficient (Wildman–Crippen LogP) is 4.35. The first-order valence-corrected chi connectivity index (χ1v) is 14.0. The smallest absolute Gasteiger partial charge is 0.336 e. The summed E-state index contributed by atoms with van der Waals surface area (Å²) in [4.78, 5) is 42.2. The molecule has 1 aromatic heterocycles. The van der Waals surface area contributed by atoms with Gasteiger partial charge >= 0.3 is 5.97 Å². The van der Waals surface area contributed by atoms with Crippen molar-refractivity contribution in [3.8, 4) is 5.88 Å². The van der Waals surface area contributed by atoms with E-state index in [1.165, 1.54) is 6.07 Å². The van der Waals surface area contributed by atoms with E-state index in [2.05, 4.69) is 27.3 Å². The standard InChI is InChI=1S/C32H35N5O5/c1-21-19-26-27(20-25(21)32(40)41)34-31(39)28(26)29(22-7-4-3-5-8-22)33-24-11-9-23(10-12-24)30(38)35-42-18-6-13-37-16-14-36(2)15-17-37/h3-5,7-12,19-20,34,39H,6,13-18H2,1-2H3,(H,35,38)(H,40,41). The van der Waals surface area contributed by atoms with Crippen LogP contribution in [0.15, 0.2) is 71.7 Å².